The number of aliphatic carboxylic acids is 1. The van der Waals surface area contributed by atoms with Crippen molar-refractivity contribution in [2.75, 3.05) is 13.1 Å². The van der Waals surface area contributed by atoms with Crippen molar-refractivity contribution in [3.8, 4) is 0 Å². The lowest BCUT2D eigenvalue weighted by molar-refractivity contribution is -0.143. The number of nitrogens with zero attached hydrogens (tertiary/aromatic N) is 1. The van der Waals surface area contributed by atoms with Crippen molar-refractivity contribution in [2.24, 2.45) is 11.8 Å². The van der Waals surface area contributed by atoms with E-state index < -0.39 is 11.9 Å². The van der Waals surface area contributed by atoms with Gasteiger partial charge in [0.05, 0.1) is 5.92 Å². The van der Waals surface area contributed by atoms with Crippen LogP contribution in [-0.2, 0) is 9.59 Å². The predicted octanol–water partition coefficient (Wildman–Crippen LogP) is 1.99. The average molecular weight is 229 g/mol. The van der Waals surface area contributed by atoms with E-state index in [0.29, 0.717) is 13.1 Å². The zero-order valence-electron chi connectivity index (χ0n) is 10.7. The van der Waals surface area contributed by atoms with Gasteiger partial charge in [-0.15, -0.1) is 0 Å². The van der Waals surface area contributed by atoms with Crippen LogP contribution in [0, 0.1) is 11.8 Å². The normalized spacial score (nSPS) is 14.2. The number of carboxylic acids is 1. The predicted molar refractivity (Wildman–Crippen MR) is 63.1 cm³/mol. The second-order valence-corrected chi connectivity index (χ2v) is 4.33. The van der Waals surface area contributed by atoms with Crippen molar-refractivity contribution in [3.05, 3.63) is 0 Å². The van der Waals surface area contributed by atoms with Gasteiger partial charge in [-0.1, -0.05) is 27.7 Å². The molecule has 1 N–H and O–H groups in total. The molecule has 0 saturated heterocycles. The first-order chi connectivity index (χ1) is 7.43. The Kier molecular flexibility index (Phi) is 6.77. The zero-order chi connectivity index (χ0) is 12.7. The third-order valence-electron chi connectivity index (χ3n) is 2.75. The van der Waals surface area contributed by atoms with Gasteiger partial charge in [-0.25, -0.2) is 0 Å². The molecule has 0 aromatic carbocycles. The van der Waals surface area contributed by atoms with Crippen molar-refractivity contribution in [1.29, 1.82) is 0 Å². The third-order valence-corrected chi connectivity index (χ3v) is 2.75. The van der Waals surface area contributed by atoms with Gasteiger partial charge in [-0.2, -0.15) is 0 Å². The number of carboxylic acid groups (broad SMARTS) is 1. The minimum absolute atomic E-state index is 0.0208. The van der Waals surface area contributed by atoms with E-state index in [9.17, 15) is 9.59 Å². The highest BCUT2D eigenvalue weighted by atomic mass is 16.4. The van der Waals surface area contributed by atoms with Crippen molar-refractivity contribution in [3.63, 3.8) is 0 Å². The molecule has 1 amide bonds. The maximum atomic E-state index is 12.0. The first kappa shape index (κ1) is 14.9. The van der Waals surface area contributed by atoms with Crippen LogP contribution in [0.5, 0.6) is 0 Å². The molecule has 0 aromatic rings. The van der Waals surface area contributed by atoms with Crippen LogP contribution in [0.15, 0.2) is 0 Å². The van der Waals surface area contributed by atoms with Gasteiger partial charge in [-0.3, -0.25) is 9.59 Å². The van der Waals surface area contributed by atoms with Crippen molar-refractivity contribution in [2.45, 2.75) is 40.5 Å². The van der Waals surface area contributed by atoms with E-state index in [2.05, 4.69) is 0 Å². The van der Waals surface area contributed by atoms with E-state index in [4.69, 9.17) is 5.11 Å². The fraction of sp³-hybridized carbons (Fsp3) is 0.833. The lowest BCUT2D eigenvalue weighted by Crippen LogP contribution is -2.40. The van der Waals surface area contributed by atoms with Gasteiger partial charge in [0.2, 0.25) is 5.91 Å². The molecule has 0 fully saturated rings. The highest BCUT2D eigenvalue weighted by Crippen LogP contribution is 2.10. The number of carbonyl (C=O) groups excluding carboxylic acids is 1. The van der Waals surface area contributed by atoms with Gasteiger partial charge in [-0.05, 0) is 12.8 Å². The summed E-state index contributed by atoms with van der Waals surface area (Å²) in [5, 5.41) is 8.84. The van der Waals surface area contributed by atoms with Gasteiger partial charge in [0.15, 0.2) is 0 Å². The minimum Gasteiger partial charge on any atom is -0.481 e. The summed E-state index contributed by atoms with van der Waals surface area (Å²) in [6.45, 7) is 8.42. The van der Waals surface area contributed by atoms with Crippen LogP contribution in [-0.4, -0.2) is 35.0 Å². The summed E-state index contributed by atoms with van der Waals surface area (Å²) in [6, 6.07) is 0. The number of carbonyl (C=O) groups is 2. The molecular weight excluding hydrogens is 206 g/mol. The van der Waals surface area contributed by atoms with E-state index in [1.54, 1.807) is 11.8 Å². The summed E-state index contributed by atoms with van der Waals surface area (Å²) in [7, 11) is 0. The molecule has 0 aliphatic carbocycles. The molecule has 2 unspecified atom stereocenters. The monoisotopic (exact) mass is 229 g/mol. The molecule has 2 atom stereocenters. The first-order valence-electron chi connectivity index (χ1n) is 5.95. The van der Waals surface area contributed by atoms with Crippen molar-refractivity contribution < 1.29 is 14.7 Å². The molecule has 0 rings (SSSR count). The Morgan fingerprint density at radius 3 is 2.12 bits per heavy atom. The molecule has 0 aliphatic rings. The van der Waals surface area contributed by atoms with Crippen molar-refractivity contribution in [1.82, 2.24) is 4.90 Å². The van der Waals surface area contributed by atoms with Gasteiger partial charge in [0.1, 0.15) is 0 Å². The van der Waals surface area contributed by atoms with E-state index in [1.165, 1.54) is 0 Å². The molecule has 94 valence electrons. The van der Waals surface area contributed by atoms with Crippen LogP contribution in [0.3, 0.4) is 0 Å². The largest absolute Gasteiger partial charge is 0.481 e. The number of hydrogen-bond donors (Lipinski definition) is 1. The average Bonchev–Trinajstić information content (AvgIpc) is 2.26. The summed E-state index contributed by atoms with van der Waals surface area (Å²) in [5.41, 5.74) is 0. The molecule has 0 spiro atoms. The Morgan fingerprint density at radius 2 is 1.75 bits per heavy atom. The van der Waals surface area contributed by atoms with Crippen LogP contribution >= 0.6 is 0 Å². The summed E-state index contributed by atoms with van der Waals surface area (Å²) in [6.07, 6.45) is 1.65. The van der Waals surface area contributed by atoms with Gasteiger partial charge < -0.3 is 10.0 Å². The van der Waals surface area contributed by atoms with E-state index in [-0.39, 0.29) is 11.8 Å². The summed E-state index contributed by atoms with van der Waals surface area (Å²) in [5.74, 6) is -1.30. The van der Waals surface area contributed by atoms with E-state index in [0.717, 1.165) is 12.8 Å². The van der Waals surface area contributed by atoms with Crippen LogP contribution in [0.1, 0.15) is 40.5 Å². The molecular formula is C12H23NO3. The van der Waals surface area contributed by atoms with Gasteiger partial charge >= 0.3 is 5.97 Å². The Balaban J connectivity index is 4.48. The Morgan fingerprint density at radius 1 is 1.19 bits per heavy atom. The summed E-state index contributed by atoms with van der Waals surface area (Å²) < 4.78 is 0. The molecule has 16 heavy (non-hydrogen) atoms. The fourth-order valence-corrected chi connectivity index (χ4v) is 1.46. The molecule has 4 nitrogen and oxygen atoms in total. The van der Waals surface area contributed by atoms with Crippen LogP contribution in [0.2, 0.25) is 0 Å². The van der Waals surface area contributed by atoms with E-state index >= 15 is 0 Å². The summed E-state index contributed by atoms with van der Waals surface area (Å²) in [4.78, 5) is 24.4. The number of amides is 1. The topological polar surface area (TPSA) is 57.6 Å². The second-order valence-electron chi connectivity index (χ2n) is 4.33. The maximum Gasteiger partial charge on any atom is 0.308 e. The van der Waals surface area contributed by atoms with E-state index in [1.807, 2.05) is 20.8 Å². The van der Waals surface area contributed by atoms with Gasteiger partial charge in [0.25, 0.3) is 0 Å². The second kappa shape index (κ2) is 7.25. The molecule has 0 heterocycles. The Bertz CT molecular complexity index is 240. The lowest BCUT2D eigenvalue weighted by atomic mass is 10.1. The Labute approximate surface area is 97.6 Å². The number of rotatable bonds is 7. The highest BCUT2D eigenvalue weighted by Gasteiger charge is 2.22. The molecule has 0 aliphatic heterocycles. The molecule has 0 aromatic heterocycles. The molecule has 0 radical (unpaired) electrons. The zero-order valence-corrected chi connectivity index (χ0v) is 10.7. The third kappa shape index (κ3) is 4.64. The standard InChI is InChI=1S/C12H23NO3/c1-5-7-13(8-10(4)12(15)16)11(14)9(3)6-2/h9-10H,5-8H2,1-4H3,(H,15,16). The minimum atomic E-state index is -0.849. The van der Waals surface area contributed by atoms with Crippen LogP contribution in [0.25, 0.3) is 0 Å². The molecule has 4 heteroatoms. The Hall–Kier alpha value is -1.06. The smallest absolute Gasteiger partial charge is 0.308 e. The maximum absolute atomic E-state index is 12.0. The lowest BCUT2D eigenvalue weighted by Gasteiger charge is -2.26. The molecule has 0 saturated carbocycles. The highest BCUT2D eigenvalue weighted by molar-refractivity contribution is 5.79. The quantitative estimate of drug-likeness (QED) is 0.726. The first-order valence-corrected chi connectivity index (χ1v) is 5.95. The fourth-order valence-electron chi connectivity index (χ4n) is 1.46. The van der Waals surface area contributed by atoms with Crippen molar-refractivity contribution >= 4 is 11.9 Å². The molecule has 0 bridgehead atoms. The van der Waals surface area contributed by atoms with Crippen LogP contribution in [0.4, 0.5) is 0 Å². The van der Waals surface area contributed by atoms with Crippen LogP contribution < -0.4 is 0 Å². The van der Waals surface area contributed by atoms with Gasteiger partial charge in [0, 0.05) is 19.0 Å². The summed E-state index contributed by atoms with van der Waals surface area (Å²) >= 11 is 0. The SMILES string of the molecule is CCCN(CC(C)C(=O)O)C(=O)C(C)CC. The number of hydrogen-bond acceptors (Lipinski definition) is 2.